The number of carboxylic acids is 1. The minimum Gasteiger partial charge on any atom is -0.480 e. The van der Waals surface area contributed by atoms with Gasteiger partial charge in [0.05, 0.1) is 0 Å². The molecule has 4 nitrogen and oxygen atoms in total. The molecule has 17 heavy (non-hydrogen) atoms. The molecule has 4 heteroatoms. The zero-order chi connectivity index (χ0) is 12.8. The summed E-state index contributed by atoms with van der Waals surface area (Å²) in [4.78, 5) is 15.7. The van der Waals surface area contributed by atoms with E-state index in [9.17, 15) is 9.90 Å². The second-order valence-electron chi connectivity index (χ2n) is 5.20. The zero-order valence-electron chi connectivity index (χ0n) is 11.4. The Morgan fingerprint density at radius 3 is 2.53 bits per heavy atom. The third kappa shape index (κ3) is 4.28. The van der Waals surface area contributed by atoms with E-state index in [1.807, 2.05) is 7.05 Å². The summed E-state index contributed by atoms with van der Waals surface area (Å²) in [7, 11) is 4.10. The van der Waals surface area contributed by atoms with Gasteiger partial charge in [0.1, 0.15) is 6.04 Å². The van der Waals surface area contributed by atoms with Crippen molar-refractivity contribution in [2.45, 2.75) is 51.1 Å². The lowest BCUT2D eigenvalue weighted by Gasteiger charge is -2.38. The maximum Gasteiger partial charge on any atom is 0.320 e. The molecule has 0 spiro atoms. The average molecular weight is 242 g/mol. The summed E-state index contributed by atoms with van der Waals surface area (Å²) in [6, 6.07) is 0.132. The molecule has 0 amide bonds. The molecule has 1 saturated heterocycles. The van der Waals surface area contributed by atoms with Crippen molar-refractivity contribution in [2.75, 3.05) is 27.2 Å². The summed E-state index contributed by atoms with van der Waals surface area (Å²) in [5.74, 6) is -0.667. The van der Waals surface area contributed by atoms with Gasteiger partial charge in [0.2, 0.25) is 0 Å². The Hall–Kier alpha value is -0.610. The predicted molar refractivity (Wildman–Crippen MR) is 69.2 cm³/mol. The van der Waals surface area contributed by atoms with E-state index in [1.54, 1.807) is 0 Å². The monoisotopic (exact) mass is 242 g/mol. The highest BCUT2D eigenvalue weighted by Gasteiger charge is 2.29. The van der Waals surface area contributed by atoms with E-state index in [0.29, 0.717) is 6.04 Å². The molecular formula is C13H26N2O2. The molecule has 1 fully saturated rings. The molecule has 1 aliphatic heterocycles. The molecular weight excluding hydrogens is 216 g/mol. The molecule has 1 aliphatic rings. The molecule has 1 heterocycles. The highest BCUT2D eigenvalue weighted by atomic mass is 16.4. The number of aliphatic carboxylic acids is 1. The number of carbonyl (C=O) groups is 1. The minimum absolute atomic E-state index is 0.302. The molecule has 0 aromatic rings. The molecule has 1 atom stereocenters. The Labute approximate surface area is 105 Å². The van der Waals surface area contributed by atoms with Crippen LogP contribution in [-0.2, 0) is 4.79 Å². The highest BCUT2D eigenvalue weighted by Crippen LogP contribution is 2.19. The van der Waals surface area contributed by atoms with E-state index in [-0.39, 0.29) is 6.04 Å². The lowest BCUT2D eigenvalue weighted by molar-refractivity contribution is -0.144. The number of nitrogens with zero attached hydrogens (tertiary/aromatic N) is 2. The average Bonchev–Trinajstić information content (AvgIpc) is 2.29. The third-order valence-electron chi connectivity index (χ3n) is 3.87. The van der Waals surface area contributed by atoms with Gasteiger partial charge in [-0.25, -0.2) is 0 Å². The van der Waals surface area contributed by atoms with Crippen molar-refractivity contribution in [3.63, 3.8) is 0 Å². The van der Waals surface area contributed by atoms with Gasteiger partial charge >= 0.3 is 5.97 Å². The fourth-order valence-electron chi connectivity index (χ4n) is 2.56. The van der Waals surface area contributed by atoms with Crippen LogP contribution in [0, 0.1) is 0 Å². The summed E-state index contributed by atoms with van der Waals surface area (Å²) < 4.78 is 0. The molecule has 0 aliphatic carbocycles. The van der Waals surface area contributed by atoms with Crippen molar-refractivity contribution in [3.05, 3.63) is 0 Å². The predicted octanol–water partition coefficient (Wildman–Crippen LogP) is 1.66. The van der Waals surface area contributed by atoms with Crippen molar-refractivity contribution in [1.29, 1.82) is 0 Å². The molecule has 0 aromatic heterocycles. The number of hydrogen-bond acceptors (Lipinski definition) is 3. The van der Waals surface area contributed by atoms with E-state index in [1.165, 1.54) is 0 Å². The van der Waals surface area contributed by atoms with Crippen LogP contribution in [0.15, 0.2) is 0 Å². The summed E-state index contributed by atoms with van der Waals surface area (Å²) >= 11 is 0. The molecule has 1 unspecified atom stereocenters. The first kappa shape index (κ1) is 14.5. The van der Waals surface area contributed by atoms with Crippen LogP contribution in [0.2, 0.25) is 0 Å². The van der Waals surface area contributed by atoms with Crippen molar-refractivity contribution < 1.29 is 9.90 Å². The molecule has 0 saturated carbocycles. The first-order chi connectivity index (χ1) is 8.06. The van der Waals surface area contributed by atoms with Crippen LogP contribution in [0.4, 0.5) is 0 Å². The summed E-state index contributed by atoms with van der Waals surface area (Å²) in [5.41, 5.74) is 0. The first-order valence-electron chi connectivity index (χ1n) is 6.69. The fourth-order valence-corrected chi connectivity index (χ4v) is 2.56. The Morgan fingerprint density at radius 2 is 2.06 bits per heavy atom. The number of carboxylic acid groups (broad SMARTS) is 1. The first-order valence-corrected chi connectivity index (χ1v) is 6.69. The lowest BCUT2D eigenvalue weighted by Crippen LogP contribution is -2.49. The Morgan fingerprint density at radius 1 is 1.47 bits per heavy atom. The van der Waals surface area contributed by atoms with Gasteiger partial charge in [0.25, 0.3) is 0 Å². The summed E-state index contributed by atoms with van der Waals surface area (Å²) in [6.07, 6.45) is 5.00. The van der Waals surface area contributed by atoms with Crippen molar-refractivity contribution >= 4 is 5.97 Å². The number of likely N-dealkylation sites (N-methyl/N-ethyl adjacent to an activating group) is 1. The van der Waals surface area contributed by atoms with Crippen LogP contribution in [0.25, 0.3) is 0 Å². The smallest absolute Gasteiger partial charge is 0.320 e. The van der Waals surface area contributed by atoms with Gasteiger partial charge in [0, 0.05) is 6.04 Å². The van der Waals surface area contributed by atoms with E-state index in [2.05, 4.69) is 23.8 Å². The standard InChI is InChI=1S/C13H26N2O2/c1-4-5-6-12(13(16)17)15(3)11-7-9-14(2)10-8-11/h11-12H,4-10H2,1-3H3,(H,16,17). The molecule has 0 aromatic carbocycles. The normalized spacial score (nSPS) is 20.7. The van der Waals surface area contributed by atoms with E-state index in [0.717, 1.165) is 45.2 Å². The van der Waals surface area contributed by atoms with Gasteiger partial charge in [-0.2, -0.15) is 0 Å². The second-order valence-corrected chi connectivity index (χ2v) is 5.20. The Balaban J connectivity index is 2.51. The van der Waals surface area contributed by atoms with Gasteiger partial charge in [0.15, 0.2) is 0 Å². The van der Waals surface area contributed by atoms with Crippen LogP contribution >= 0.6 is 0 Å². The highest BCUT2D eigenvalue weighted by molar-refractivity contribution is 5.73. The second kappa shape index (κ2) is 6.97. The van der Waals surface area contributed by atoms with E-state index >= 15 is 0 Å². The maximum atomic E-state index is 11.3. The number of unbranched alkanes of at least 4 members (excludes halogenated alkanes) is 1. The molecule has 0 bridgehead atoms. The number of piperidine rings is 1. The van der Waals surface area contributed by atoms with Gasteiger partial charge in [-0.3, -0.25) is 9.69 Å². The van der Waals surface area contributed by atoms with Crippen LogP contribution in [0.1, 0.15) is 39.0 Å². The van der Waals surface area contributed by atoms with Crippen LogP contribution in [0.3, 0.4) is 0 Å². The van der Waals surface area contributed by atoms with Crippen LogP contribution in [-0.4, -0.2) is 60.1 Å². The number of likely N-dealkylation sites (tertiary alicyclic amines) is 1. The number of rotatable bonds is 6. The van der Waals surface area contributed by atoms with Crippen molar-refractivity contribution in [1.82, 2.24) is 9.80 Å². The zero-order valence-corrected chi connectivity index (χ0v) is 11.4. The van der Waals surface area contributed by atoms with Crippen molar-refractivity contribution in [2.24, 2.45) is 0 Å². The molecule has 0 radical (unpaired) electrons. The van der Waals surface area contributed by atoms with Gasteiger partial charge in [-0.05, 0) is 46.4 Å². The molecule has 1 N–H and O–H groups in total. The van der Waals surface area contributed by atoms with E-state index < -0.39 is 5.97 Å². The fraction of sp³-hybridized carbons (Fsp3) is 0.923. The molecule has 1 rings (SSSR count). The Kier molecular flexibility index (Phi) is 5.92. The Bertz CT molecular complexity index is 238. The maximum absolute atomic E-state index is 11.3. The summed E-state index contributed by atoms with van der Waals surface area (Å²) in [6.45, 7) is 4.26. The van der Waals surface area contributed by atoms with Gasteiger partial charge < -0.3 is 10.0 Å². The largest absolute Gasteiger partial charge is 0.480 e. The van der Waals surface area contributed by atoms with Gasteiger partial charge in [-0.15, -0.1) is 0 Å². The minimum atomic E-state index is -0.667. The quantitative estimate of drug-likeness (QED) is 0.769. The SMILES string of the molecule is CCCCC(C(=O)O)N(C)C1CCN(C)CC1. The van der Waals surface area contributed by atoms with Crippen LogP contribution < -0.4 is 0 Å². The van der Waals surface area contributed by atoms with Crippen LogP contribution in [0.5, 0.6) is 0 Å². The third-order valence-corrected chi connectivity index (χ3v) is 3.87. The molecule has 100 valence electrons. The topological polar surface area (TPSA) is 43.8 Å². The van der Waals surface area contributed by atoms with Gasteiger partial charge in [-0.1, -0.05) is 19.8 Å². The van der Waals surface area contributed by atoms with E-state index in [4.69, 9.17) is 0 Å². The number of hydrogen-bond donors (Lipinski definition) is 1. The summed E-state index contributed by atoms with van der Waals surface area (Å²) in [5, 5.41) is 9.30. The van der Waals surface area contributed by atoms with Crippen molar-refractivity contribution in [3.8, 4) is 0 Å². The lowest BCUT2D eigenvalue weighted by atomic mass is 10.00.